The monoisotopic (exact) mass is 365 g/mol. The van der Waals surface area contributed by atoms with Crippen LogP contribution in [0.25, 0.3) is 0 Å². The molecule has 0 amide bonds. The number of carboxylic acid groups (broad SMARTS) is 1. The van der Waals surface area contributed by atoms with Crippen LogP contribution in [0.4, 0.5) is 0 Å². The van der Waals surface area contributed by atoms with Crippen molar-refractivity contribution in [1.29, 1.82) is 0 Å². The quantitative estimate of drug-likeness (QED) is 0.819. The highest BCUT2D eigenvalue weighted by Gasteiger charge is 2.31. The fourth-order valence-corrected chi connectivity index (χ4v) is 4.44. The summed E-state index contributed by atoms with van der Waals surface area (Å²) in [6.45, 7) is 8.88. The molecule has 1 heterocycles. The maximum Gasteiger partial charge on any atom is 0.326 e. The highest BCUT2D eigenvalue weighted by atomic mass is 32.2. The second-order valence-corrected chi connectivity index (χ2v) is 8.00. The van der Waals surface area contributed by atoms with E-state index >= 15 is 0 Å². The summed E-state index contributed by atoms with van der Waals surface area (Å²) < 4.78 is 29.6. The SMILES string of the molecule is Cc1cccc(C(NS(=O)(=O)c2c(C)nn(C(C)C)c2C)C(=O)O)c1. The zero-order chi connectivity index (χ0) is 18.9. The largest absolute Gasteiger partial charge is 0.480 e. The summed E-state index contributed by atoms with van der Waals surface area (Å²) in [5, 5.41) is 13.8. The van der Waals surface area contributed by atoms with Gasteiger partial charge < -0.3 is 5.11 Å². The number of hydrogen-bond donors (Lipinski definition) is 2. The Bertz CT molecular complexity index is 901. The van der Waals surface area contributed by atoms with Crippen LogP contribution in [0.15, 0.2) is 29.2 Å². The van der Waals surface area contributed by atoms with Crippen molar-refractivity contribution >= 4 is 16.0 Å². The van der Waals surface area contributed by atoms with Crippen LogP contribution in [0, 0.1) is 20.8 Å². The first kappa shape index (κ1) is 19.1. The molecule has 0 saturated heterocycles. The molecular formula is C17H23N3O4S. The molecule has 2 rings (SSSR count). The van der Waals surface area contributed by atoms with Gasteiger partial charge in [0.2, 0.25) is 10.0 Å². The van der Waals surface area contributed by atoms with Crippen LogP contribution in [0.3, 0.4) is 0 Å². The number of aliphatic carboxylic acids is 1. The molecule has 0 bridgehead atoms. The van der Waals surface area contributed by atoms with E-state index in [1.807, 2.05) is 26.8 Å². The maximum atomic E-state index is 12.9. The highest BCUT2D eigenvalue weighted by Crippen LogP contribution is 2.25. The molecule has 0 aliphatic carbocycles. The van der Waals surface area contributed by atoms with Gasteiger partial charge in [0, 0.05) is 6.04 Å². The van der Waals surface area contributed by atoms with Crippen molar-refractivity contribution < 1.29 is 18.3 Å². The Hall–Kier alpha value is -2.19. The number of carboxylic acids is 1. The number of aryl methyl sites for hydroxylation is 2. The molecule has 0 spiro atoms. The number of nitrogens with zero attached hydrogens (tertiary/aromatic N) is 2. The second-order valence-electron chi connectivity index (χ2n) is 6.34. The van der Waals surface area contributed by atoms with Gasteiger partial charge in [0.15, 0.2) is 0 Å². The van der Waals surface area contributed by atoms with E-state index < -0.39 is 22.0 Å². The van der Waals surface area contributed by atoms with E-state index in [1.54, 1.807) is 36.7 Å². The zero-order valence-corrected chi connectivity index (χ0v) is 15.8. The number of rotatable bonds is 6. The molecule has 0 fully saturated rings. The van der Waals surface area contributed by atoms with Crippen LogP contribution in [0.1, 0.15) is 48.4 Å². The molecule has 2 N–H and O–H groups in total. The van der Waals surface area contributed by atoms with Gasteiger partial charge in [0.05, 0.1) is 11.4 Å². The number of benzene rings is 1. The molecule has 1 atom stereocenters. The van der Waals surface area contributed by atoms with E-state index in [0.29, 0.717) is 17.0 Å². The van der Waals surface area contributed by atoms with Gasteiger partial charge in [0.25, 0.3) is 0 Å². The summed E-state index contributed by atoms with van der Waals surface area (Å²) in [7, 11) is -4.05. The van der Waals surface area contributed by atoms with E-state index in [1.165, 1.54) is 0 Å². The van der Waals surface area contributed by atoms with Gasteiger partial charge in [0.1, 0.15) is 10.9 Å². The average molecular weight is 365 g/mol. The summed E-state index contributed by atoms with van der Waals surface area (Å²) in [4.78, 5) is 11.7. The number of hydrogen-bond acceptors (Lipinski definition) is 4. The van der Waals surface area contributed by atoms with E-state index in [0.717, 1.165) is 5.56 Å². The summed E-state index contributed by atoms with van der Waals surface area (Å²) in [6, 6.07) is 5.38. The topological polar surface area (TPSA) is 101 Å². The van der Waals surface area contributed by atoms with Gasteiger partial charge in [-0.25, -0.2) is 8.42 Å². The Kier molecular flexibility index (Phi) is 5.34. The van der Waals surface area contributed by atoms with Crippen molar-refractivity contribution in [2.24, 2.45) is 0 Å². The van der Waals surface area contributed by atoms with E-state index in [4.69, 9.17) is 0 Å². The molecule has 1 aromatic carbocycles. The number of sulfonamides is 1. The van der Waals surface area contributed by atoms with Crippen molar-refractivity contribution in [1.82, 2.24) is 14.5 Å². The first-order chi connectivity index (χ1) is 11.5. The van der Waals surface area contributed by atoms with Crippen LogP contribution in [0.2, 0.25) is 0 Å². The molecule has 0 aliphatic heterocycles. The molecule has 2 aromatic rings. The fourth-order valence-electron chi connectivity index (χ4n) is 2.86. The minimum absolute atomic E-state index is 0.00491. The summed E-state index contributed by atoms with van der Waals surface area (Å²) in [5.74, 6) is -1.26. The third kappa shape index (κ3) is 3.91. The average Bonchev–Trinajstić information content (AvgIpc) is 2.80. The smallest absolute Gasteiger partial charge is 0.326 e. The van der Waals surface area contributed by atoms with Crippen molar-refractivity contribution in [3.05, 3.63) is 46.8 Å². The Morgan fingerprint density at radius 2 is 1.88 bits per heavy atom. The molecular weight excluding hydrogens is 342 g/mol. The van der Waals surface area contributed by atoms with E-state index in [-0.39, 0.29) is 10.9 Å². The lowest BCUT2D eigenvalue weighted by Crippen LogP contribution is -2.34. The Labute approximate surface area is 147 Å². The van der Waals surface area contributed by atoms with Gasteiger partial charge in [-0.2, -0.15) is 9.82 Å². The lowest BCUT2D eigenvalue weighted by Gasteiger charge is -2.16. The van der Waals surface area contributed by atoms with Crippen LogP contribution >= 0.6 is 0 Å². The minimum atomic E-state index is -4.05. The third-order valence-electron chi connectivity index (χ3n) is 3.91. The molecule has 136 valence electrons. The molecule has 0 aliphatic rings. The number of aromatic nitrogens is 2. The minimum Gasteiger partial charge on any atom is -0.480 e. The zero-order valence-electron chi connectivity index (χ0n) is 14.9. The maximum absolute atomic E-state index is 12.9. The standard InChI is InChI=1S/C17H23N3O4S/c1-10(2)20-13(5)16(12(4)18-20)25(23,24)19-15(17(21)22)14-8-6-7-11(3)9-14/h6-10,15,19H,1-5H3,(H,21,22). The van der Waals surface area contributed by atoms with Gasteiger partial charge >= 0.3 is 5.97 Å². The fraction of sp³-hybridized carbons (Fsp3) is 0.412. The lowest BCUT2D eigenvalue weighted by molar-refractivity contribution is -0.139. The van der Waals surface area contributed by atoms with Crippen molar-refractivity contribution in [2.75, 3.05) is 0 Å². The molecule has 0 saturated carbocycles. The first-order valence-corrected chi connectivity index (χ1v) is 9.40. The highest BCUT2D eigenvalue weighted by molar-refractivity contribution is 7.89. The van der Waals surface area contributed by atoms with Gasteiger partial charge in [-0.15, -0.1) is 0 Å². The van der Waals surface area contributed by atoms with Gasteiger partial charge in [-0.3, -0.25) is 9.48 Å². The molecule has 8 heteroatoms. The van der Waals surface area contributed by atoms with E-state index in [2.05, 4.69) is 9.82 Å². The predicted molar refractivity (Wildman–Crippen MR) is 94.0 cm³/mol. The van der Waals surface area contributed by atoms with Crippen molar-refractivity contribution in [3.8, 4) is 0 Å². The lowest BCUT2D eigenvalue weighted by atomic mass is 10.1. The van der Waals surface area contributed by atoms with E-state index in [9.17, 15) is 18.3 Å². The first-order valence-electron chi connectivity index (χ1n) is 7.92. The van der Waals surface area contributed by atoms with Crippen molar-refractivity contribution in [3.63, 3.8) is 0 Å². The number of nitrogens with one attached hydrogen (secondary N) is 1. The molecule has 1 aromatic heterocycles. The molecule has 1 unspecified atom stereocenters. The second kappa shape index (κ2) is 6.97. The Balaban J connectivity index is 2.48. The summed E-state index contributed by atoms with van der Waals surface area (Å²) in [5.41, 5.74) is 2.05. The normalized spacial score (nSPS) is 13.2. The molecule has 7 nitrogen and oxygen atoms in total. The third-order valence-corrected chi connectivity index (χ3v) is 5.59. The molecule has 25 heavy (non-hydrogen) atoms. The van der Waals surface area contributed by atoms with Crippen LogP contribution < -0.4 is 4.72 Å². The number of carbonyl (C=O) groups is 1. The van der Waals surface area contributed by atoms with Gasteiger partial charge in [-0.1, -0.05) is 29.8 Å². The molecule has 0 radical (unpaired) electrons. The van der Waals surface area contributed by atoms with Crippen LogP contribution in [-0.4, -0.2) is 29.3 Å². The summed E-state index contributed by atoms with van der Waals surface area (Å²) in [6.07, 6.45) is 0. The Morgan fingerprint density at radius 1 is 1.24 bits per heavy atom. The predicted octanol–water partition coefficient (Wildman–Crippen LogP) is 2.49. The van der Waals surface area contributed by atoms with Crippen LogP contribution in [0.5, 0.6) is 0 Å². The van der Waals surface area contributed by atoms with Crippen LogP contribution in [-0.2, 0) is 14.8 Å². The van der Waals surface area contributed by atoms with Gasteiger partial charge in [-0.05, 0) is 40.2 Å². The Morgan fingerprint density at radius 3 is 2.36 bits per heavy atom. The summed E-state index contributed by atoms with van der Waals surface area (Å²) >= 11 is 0. The van der Waals surface area contributed by atoms with Crippen molar-refractivity contribution in [2.45, 2.75) is 51.6 Å².